The molecule has 6 rings (SSSR count). The third-order valence-corrected chi connectivity index (χ3v) is 6.62. The van der Waals surface area contributed by atoms with Crippen LogP contribution < -0.4 is 10.2 Å². The van der Waals surface area contributed by atoms with Crippen LogP contribution >= 0.6 is 0 Å². The van der Waals surface area contributed by atoms with Crippen molar-refractivity contribution in [2.24, 2.45) is 0 Å². The largest absolute Gasteiger partial charge is 0.368 e. The summed E-state index contributed by atoms with van der Waals surface area (Å²) >= 11 is 0. The van der Waals surface area contributed by atoms with Gasteiger partial charge in [0.2, 0.25) is 0 Å². The van der Waals surface area contributed by atoms with Gasteiger partial charge in [0, 0.05) is 60.7 Å². The molecule has 1 aromatic heterocycles. The van der Waals surface area contributed by atoms with Crippen LogP contribution in [0.15, 0.2) is 78.9 Å². The highest BCUT2D eigenvalue weighted by molar-refractivity contribution is 5.90. The van der Waals surface area contributed by atoms with E-state index in [0.717, 1.165) is 42.1 Å². The average Bonchev–Trinajstić information content (AvgIpc) is 3.45. The van der Waals surface area contributed by atoms with Crippen molar-refractivity contribution in [2.75, 3.05) is 36.4 Å². The number of nitrogens with one attached hydrogen (secondary N) is 2. The molecule has 0 spiro atoms. The summed E-state index contributed by atoms with van der Waals surface area (Å²) in [6.07, 6.45) is 0.894. The molecule has 33 heavy (non-hydrogen) atoms. The van der Waals surface area contributed by atoms with E-state index in [2.05, 4.69) is 56.8 Å². The zero-order valence-corrected chi connectivity index (χ0v) is 18.3. The Bertz CT molecular complexity index is 1290. The molecule has 0 unspecified atom stereocenters. The smallest absolute Gasteiger partial charge is 0.321 e. The second-order valence-corrected chi connectivity index (χ2v) is 8.58. The zero-order chi connectivity index (χ0) is 22.2. The van der Waals surface area contributed by atoms with Crippen molar-refractivity contribution in [1.82, 2.24) is 15.1 Å². The summed E-state index contributed by atoms with van der Waals surface area (Å²) in [5, 5.41) is 10.8. The molecule has 0 radical (unpaired) electrons. The normalized spacial score (nSPS) is 14.7. The first-order valence-electron chi connectivity index (χ1n) is 11.4. The monoisotopic (exact) mass is 435 g/mol. The first-order valence-corrected chi connectivity index (χ1v) is 11.4. The summed E-state index contributed by atoms with van der Waals surface area (Å²) in [4.78, 5) is 17.0. The van der Waals surface area contributed by atoms with Gasteiger partial charge in [0.1, 0.15) is 0 Å². The lowest BCUT2D eigenvalue weighted by molar-refractivity contribution is 0.208. The molecule has 1 aliphatic heterocycles. The van der Waals surface area contributed by atoms with E-state index >= 15 is 0 Å². The van der Waals surface area contributed by atoms with Crippen LogP contribution in [0, 0.1) is 0 Å². The molecule has 2 aliphatic rings. The van der Waals surface area contributed by atoms with Gasteiger partial charge < -0.3 is 15.1 Å². The quantitative estimate of drug-likeness (QED) is 0.419. The highest BCUT2D eigenvalue weighted by atomic mass is 16.2. The van der Waals surface area contributed by atoms with Gasteiger partial charge >= 0.3 is 6.03 Å². The minimum Gasteiger partial charge on any atom is -0.368 e. The van der Waals surface area contributed by atoms with Crippen molar-refractivity contribution < 1.29 is 4.79 Å². The summed E-state index contributed by atoms with van der Waals surface area (Å²) in [5.74, 6) is 0. The maximum atomic E-state index is 12.8. The molecule has 1 aliphatic carbocycles. The van der Waals surface area contributed by atoms with E-state index < -0.39 is 0 Å². The maximum absolute atomic E-state index is 12.8. The standard InChI is InChI=1S/C27H25N5O/c33-27(32-16-14-31(15-17-32)22-7-2-1-3-8-22)28-21-12-10-19(11-13-21)25-24-18-20-6-4-5-9-23(20)26(24)30-29-25/h1-13H,14-18H2,(H,28,33)(H,29,30). The van der Waals surface area contributed by atoms with Gasteiger partial charge in [-0.3, -0.25) is 5.10 Å². The molecular formula is C27H25N5O. The van der Waals surface area contributed by atoms with Crippen LogP contribution in [0.25, 0.3) is 22.5 Å². The molecule has 2 heterocycles. The van der Waals surface area contributed by atoms with Crippen LogP contribution in [0.4, 0.5) is 16.2 Å². The Balaban J connectivity index is 1.10. The minimum atomic E-state index is -0.0495. The van der Waals surface area contributed by atoms with Crippen molar-refractivity contribution in [1.29, 1.82) is 0 Å². The summed E-state index contributed by atoms with van der Waals surface area (Å²) in [7, 11) is 0. The van der Waals surface area contributed by atoms with E-state index in [0.29, 0.717) is 13.1 Å². The fourth-order valence-electron chi connectivity index (χ4n) is 4.83. The number of hydrogen-bond donors (Lipinski definition) is 2. The second kappa shape index (κ2) is 8.13. The number of benzene rings is 3. The number of hydrogen-bond acceptors (Lipinski definition) is 3. The summed E-state index contributed by atoms with van der Waals surface area (Å²) in [6, 6.07) is 26.7. The number of fused-ring (bicyclic) bond motifs is 3. The number of anilines is 2. The molecule has 2 amide bonds. The average molecular weight is 436 g/mol. The third-order valence-electron chi connectivity index (χ3n) is 6.62. The number of rotatable bonds is 3. The molecular weight excluding hydrogens is 410 g/mol. The van der Waals surface area contributed by atoms with Crippen molar-refractivity contribution in [3.63, 3.8) is 0 Å². The number of aromatic amines is 1. The summed E-state index contributed by atoms with van der Waals surface area (Å²) in [5.41, 5.74) is 8.97. The highest BCUT2D eigenvalue weighted by Gasteiger charge is 2.25. The Kier molecular flexibility index (Phi) is 4.83. The van der Waals surface area contributed by atoms with Crippen LogP contribution in [0.1, 0.15) is 11.1 Å². The number of urea groups is 1. The predicted molar refractivity (Wildman–Crippen MR) is 132 cm³/mol. The molecule has 2 N–H and O–H groups in total. The minimum absolute atomic E-state index is 0.0495. The number of para-hydroxylation sites is 1. The van der Waals surface area contributed by atoms with E-state index in [1.165, 1.54) is 22.4 Å². The van der Waals surface area contributed by atoms with Crippen molar-refractivity contribution in [3.8, 4) is 22.5 Å². The van der Waals surface area contributed by atoms with Gasteiger partial charge in [-0.25, -0.2) is 4.79 Å². The zero-order valence-electron chi connectivity index (χ0n) is 18.3. The Labute approximate surface area is 192 Å². The van der Waals surface area contributed by atoms with Gasteiger partial charge in [0.25, 0.3) is 0 Å². The Morgan fingerprint density at radius 2 is 1.58 bits per heavy atom. The van der Waals surface area contributed by atoms with Gasteiger partial charge in [0.15, 0.2) is 0 Å². The fourth-order valence-corrected chi connectivity index (χ4v) is 4.83. The summed E-state index contributed by atoms with van der Waals surface area (Å²) in [6.45, 7) is 3.09. The molecule has 1 saturated heterocycles. The Hall–Kier alpha value is -4.06. The number of amides is 2. The third kappa shape index (κ3) is 3.63. The SMILES string of the molecule is O=C(Nc1ccc(-c2n[nH]c3c2Cc2ccccc2-3)cc1)N1CCN(c2ccccc2)CC1. The van der Waals surface area contributed by atoms with Crippen molar-refractivity contribution in [3.05, 3.63) is 90.0 Å². The lowest BCUT2D eigenvalue weighted by Crippen LogP contribution is -2.50. The molecule has 4 aromatic rings. The molecule has 0 bridgehead atoms. The van der Waals surface area contributed by atoms with Crippen molar-refractivity contribution >= 4 is 17.4 Å². The van der Waals surface area contributed by atoms with Crippen LogP contribution in [0.5, 0.6) is 0 Å². The van der Waals surface area contributed by atoms with Crippen LogP contribution in [-0.2, 0) is 6.42 Å². The Morgan fingerprint density at radius 1 is 0.848 bits per heavy atom. The molecule has 3 aromatic carbocycles. The van der Waals surface area contributed by atoms with E-state index in [1.54, 1.807) is 0 Å². The topological polar surface area (TPSA) is 64.3 Å². The number of carbonyl (C=O) groups excluding carboxylic acids is 1. The van der Waals surface area contributed by atoms with E-state index in [-0.39, 0.29) is 6.03 Å². The molecule has 6 heteroatoms. The number of carbonyl (C=O) groups is 1. The number of piperazine rings is 1. The van der Waals surface area contributed by atoms with Gasteiger partial charge in [-0.05, 0) is 29.8 Å². The molecule has 164 valence electrons. The van der Waals surface area contributed by atoms with E-state index in [9.17, 15) is 4.79 Å². The Morgan fingerprint density at radius 3 is 2.36 bits per heavy atom. The van der Waals surface area contributed by atoms with Gasteiger partial charge in [-0.15, -0.1) is 0 Å². The number of aromatic nitrogens is 2. The van der Waals surface area contributed by atoms with E-state index in [1.807, 2.05) is 47.4 Å². The summed E-state index contributed by atoms with van der Waals surface area (Å²) < 4.78 is 0. The molecule has 1 fully saturated rings. The maximum Gasteiger partial charge on any atom is 0.321 e. The van der Waals surface area contributed by atoms with Gasteiger partial charge in [-0.2, -0.15) is 5.10 Å². The lowest BCUT2D eigenvalue weighted by Gasteiger charge is -2.36. The molecule has 0 saturated carbocycles. The first-order chi connectivity index (χ1) is 16.3. The van der Waals surface area contributed by atoms with Crippen LogP contribution in [-0.4, -0.2) is 47.3 Å². The number of H-pyrrole nitrogens is 1. The highest BCUT2D eigenvalue weighted by Crippen LogP contribution is 2.39. The van der Waals surface area contributed by atoms with Crippen LogP contribution in [0.2, 0.25) is 0 Å². The van der Waals surface area contributed by atoms with Crippen molar-refractivity contribution in [2.45, 2.75) is 6.42 Å². The van der Waals surface area contributed by atoms with Crippen LogP contribution in [0.3, 0.4) is 0 Å². The fraction of sp³-hybridized carbons (Fsp3) is 0.185. The number of nitrogens with zero attached hydrogens (tertiary/aromatic N) is 3. The van der Waals surface area contributed by atoms with Gasteiger partial charge in [0.05, 0.1) is 11.4 Å². The van der Waals surface area contributed by atoms with Gasteiger partial charge in [-0.1, -0.05) is 54.6 Å². The lowest BCUT2D eigenvalue weighted by atomic mass is 10.1. The first kappa shape index (κ1) is 19.6. The molecule has 0 atom stereocenters. The predicted octanol–water partition coefficient (Wildman–Crippen LogP) is 5.00. The second-order valence-electron chi connectivity index (χ2n) is 8.58. The molecule has 6 nitrogen and oxygen atoms in total. The van der Waals surface area contributed by atoms with E-state index in [4.69, 9.17) is 0 Å².